The Morgan fingerprint density at radius 1 is 0.839 bits per heavy atom. The molecule has 1 amide bonds. The number of benzene rings is 3. The third kappa shape index (κ3) is 5.84. The monoisotopic (exact) mass is 440 g/mol. The average molecular weight is 441 g/mol. The van der Waals surface area contributed by atoms with Crippen LogP contribution in [-0.4, -0.2) is 45.9 Å². The molecule has 0 aliphatic carbocycles. The van der Waals surface area contributed by atoms with Crippen molar-refractivity contribution in [2.75, 3.05) is 32.6 Å². The smallest absolute Gasteiger partial charge is 0.259 e. The zero-order chi connectivity index (χ0) is 22.3. The van der Waals surface area contributed by atoms with Gasteiger partial charge in [-0.15, -0.1) is 0 Å². The SMILES string of the molecule is CN(C)S(=O)(=O)c1ccc(NC(=O)c2ccccc2OCCOc2ccccc2)cc1. The van der Waals surface area contributed by atoms with Gasteiger partial charge >= 0.3 is 0 Å². The molecular formula is C23H24N2O5S. The molecular weight excluding hydrogens is 416 g/mol. The van der Waals surface area contributed by atoms with Crippen molar-refractivity contribution in [2.45, 2.75) is 4.90 Å². The number of anilines is 1. The Hall–Kier alpha value is -3.36. The first-order chi connectivity index (χ1) is 14.9. The van der Waals surface area contributed by atoms with Crippen LogP contribution in [0.4, 0.5) is 5.69 Å². The van der Waals surface area contributed by atoms with Crippen LogP contribution in [0.1, 0.15) is 10.4 Å². The summed E-state index contributed by atoms with van der Waals surface area (Å²) in [5.74, 6) is 0.822. The molecule has 162 valence electrons. The first-order valence-electron chi connectivity index (χ1n) is 9.61. The Morgan fingerprint density at radius 2 is 1.45 bits per heavy atom. The number of hydrogen-bond donors (Lipinski definition) is 1. The molecule has 0 radical (unpaired) electrons. The minimum absolute atomic E-state index is 0.151. The first-order valence-corrected chi connectivity index (χ1v) is 11.1. The molecule has 0 unspecified atom stereocenters. The summed E-state index contributed by atoms with van der Waals surface area (Å²) >= 11 is 0. The Labute approximate surface area is 182 Å². The van der Waals surface area contributed by atoms with E-state index in [9.17, 15) is 13.2 Å². The van der Waals surface area contributed by atoms with Crippen LogP contribution < -0.4 is 14.8 Å². The van der Waals surface area contributed by atoms with Crippen molar-refractivity contribution < 1.29 is 22.7 Å². The molecule has 0 saturated heterocycles. The standard InChI is InChI=1S/C23H24N2O5S/c1-25(2)31(27,28)20-14-12-18(13-15-20)24-23(26)21-10-6-7-11-22(21)30-17-16-29-19-8-4-3-5-9-19/h3-15H,16-17H2,1-2H3,(H,24,26). The van der Waals surface area contributed by atoms with E-state index in [0.717, 1.165) is 10.1 Å². The summed E-state index contributed by atoms with van der Waals surface area (Å²) in [5, 5.41) is 2.76. The minimum atomic E-state index is -3.53. The van der Waals surface area contributed by atoms with Gasteiger partial charge < -0.3 is 14.8 Å². The molecule has 0 bridgehead atoms. The van der Waals surface area contributed by atoms with Gasteiger partial charge in [0.05, 0.1) is 10.5 Å². The average Bonchev–Trinajstić information content (AvgIpc) is 2.78. The summed E-state index contributed by atoms with van der Waals surface area (Å²) in [5.41, 5.74) is 0.845. The largest absolute Gasteiger partial charge is 0.490 e. The molecule has 0 aliphatic rings. The van der Waals surface area contributed by atoms with Crippen molar-refractivity contribution in [1.82, 2.24) is 4.31 Å². The van der Waals surface area contributed by atoms with Gasteiger partial charge in [0.15, 0.2) is 0 Å². The maximum absolute atomic E-state index is 12.7. The molecule has 0 spiro atoms. The summed E-state index contributed by atoms with van der Waals surface area (Å²) in [7, 11) is -0.595. The molecule has 0 saturated carbocycles. The highest BCUT2D eigenvalue weighted by atomic mass is 32.2. The van der Waals surface area contributed by atoms with E-state index in [4.69, 9.17) is 9.47 Å². The summed E-state index contributed by atoms with van der Waals surface area (Å²) in [6.45, 7) is 0.609. The highest BCUT2D eigenvalue weighted by Crippen LogP contribution is 2.21. The topological polar surface area (TPSA) is 84.9 Å². The van der Waals surface area contributed by atoms with Gasteiger partial charge in [0.2, 0.25) is 10.0 Å². The van der Waals surface area contributed by atoms with Crippen LogP contribution in [0.5, 0.6) is 11.5 Å². The lowest BCUT2D eigenvalue weighted by Crippen LogP contribution is -2.22. The van der Waals surface area contributed by atoms with E-state index in [0.29, 0.717) is 23.6 Å². The zero-order valence-electron chi connectivity index (χ0n) is 17.3. The van der Waals surface area contributed by atoms with Crippen molar-refractivity contribution >= 4 is 21.6 Å². The molecule has 3 aromatic carbocycles. The normalized spacial score (nSPS) is 11.2. The van der Waals surface area contributed by atoms with Crippen molar-refractivity contribution in [1.29, 1.82) is 0 Å². The molecule has 0 atom stereocenters. The molecule has 31 heavy (non-hydrogen) atoms. The lowest BCUT2D eigenvalue weighted by molar-refractivity contribution is 0.102. The van der Waals surface area contributed by atoms with Gasteiger partial charge in [-0.05, 0) is 48.5 Å². The van der Waals surface area contributed by atoms with E-state index < -0.39 is 10.0 Å². The fourth-order valence-electron chi connectivity index (χ4n) is 2.73. The third-order valence-electron chi connectivity index (χ3n) is 4.38. The van der Waals surface area contributed by atoms with Crippen LogP contribution in [0.3, 0.4) is 0 Å². The van der Waals surface area contributed by atoms with Crippen LogP contribution in [0, 0.1) is 0 Å². The maximum Gasteiger partial charge on any atom is 0.259 e. The molecule has 8 heteroatoms. The van der Waals surface area contributed by atoms with E-state index in [-0.39, 0.29) is 17.4 Å². The second-order valence-electron chi connectivity index (χ2n) is 6.77. The minimum Gasteiger partial charge on any atom is -0.490 e. The molecule has 7 nitrogen and oxygen atoms in total. The van der Waals surface area contributed by atoms with Crippen LogP contribution in [0.25, 0.3) is 0 Å². The number of sulfonamides is 1. The number of carbonyl (C=O) groups excluding carboxylic acids is 1. The second-order valence-corrected chi connectivity index (χ2v) is 8.92. The van der Waals surface area contributed by atoms with Crippen molar-refractivity contribution in [3.05, 3.63) is 84.4 Å². The molecule has 3 aromatic rings. The molecule has 1 N–H and O–H groups in total. The number of nitrogens with zero attached hydrogens (tertiary/aromatic N) is 1. The Morgan fingerprint density at radius 3 is 2.13 bits per heavy atom. The Kier molecular flexibility index (Phi) is 7.28. The van der Waals surface area contributed by atoms with Crippen LogP contribution in [-0.2, 0) is 10.0 Å². The van der Waals surface area contributed by atoms with Gasteiger partial charge in [-0.3, -0.25) is 4.79 Å². The number of para-hydroxylation sites is 2. The number of nitrogens with one attached hydrogen (secondary N) is 1. The molecule has 0 aromatic heterocycles. The van der Waals surface area contributed by atoms with Gasteiger partial charge in [-0.25, -0.2) is 12.7 Å². The van der Waals surface area contributed by atoms with Crippen LogP contribution in [0.2, 0.25) is 0 Å². The first kappa shape index (κ1) is 22.3. The highest BCUT2D eigenvalue weighted by Gasteiger charge is 2.17. The molecule has 3 rings (SSSR count). The predicted octanol–water partition coefficient (Wildman–Crippen LogP) is 3.65. The van der Waals surface area contributed by atoms with Crippen molar-refractivity contribution in [3.63, 3.8) is 0 Å². The molecule has 0 heterocycles. The van der Waals surface area contributed by atoms with Crippen LogP contribution >= 0.6 is 0 Å². The molecule has 0 fully saturated rings. The number of carbonyl (C=O) groups is 1. The maximum atomic E-state index is 12.7. The lowest BCUT2D eigenvalue weighted by atomic mass is 10.2. The Balaban J connectivity index is 1.62. The summed E-state index contributed by atoms with van der Waals surface area (Å²) in [4.78, 5) is 12.9. The third-order valence-corrected chi connectivity index (χ3v) is 6.20. The lowest BCUT2D eigenvalue weighted by Gasteiger charge is -2.13. The van der Waals surface area contributed by atoms with Gasteiger partial charge in [0, 0.05) is 19.8 Å². The second kappa shape index (κ2) is 10.1. The van der Waals surface area contributed by atoms with Gasteiger partial charge in [-0.1, -0.05) is 30.3 Å². The van der Waals surface area contributed by atoms with Crippen molar-refractivity contribution in [3.8, 4) is 11.5 Å². The molecule has 0 aliphatic heterocycles. The van der Waals surface area contributed by atoms with Gasteiger partial charge in [0.25, 0.3) is 5.91 Å². The van der Waals surface area contributed by atoms with Gasteiger partial charge in [-0.2, -0.15) is 0 Å². The predicted molar refractivity (Wildman–Crippen MR) is 119 cm³/mol. The number of ether oxygens (including phenoxy) is 2. The summed E-state index contributed by atoms with van der Waals surface area (Å²) in [6, 6.07) is 22.3. The number of hydrogen-bond acceptors (Lipinski definition) is 5. The summed E-state index contributed by atoms with van der Waals surface area (Å²) < 4.78 is 36.8. The fourth-order valence-corrected chi connectivity index (χ4v) is 3.63. The number of amides is 1. The number of rotatable bonds is 9. The summed E-state index contributed by atoms with van der Waals surface area (Å²) in [6.07, 6.45) is 0. The Bertz CT molecular complexity index is 1110. The van der Waals surface area contributed by atoms with E-state index in [2.05, 4.69) is 5.32 Å². The fraction of sp³-hybridized carbons (Fsp3) is 0.174. The van der Waals surface area contributed by atoms with Crippen LogP contribution in [0.15, 0.2) is 83.8 Å². The van der Waals surface area contributed by atoms with E-state index in [1.807, 2.05) is 30.3 Å². The van der Waals surface area contributed by atoms with E-state index >= 15 is 0 Å². The zero-order valence-corrected chi connectivity index (χ0v) is 18.1. The quantitative estimate of drug-likeness (QED) is 0.514. The van der Waals surface area contributed by atoms with Crippen molar-refractivity contribution in [2.24, 2.45) is 0 Å². The van der Waals surface area contributed by atoms with E-state index in [1.54, 1.807) is 36.4 Å². The highest BCUT2D eigenvalue weighted by molar-refractivity contribution is 7.89. The van der Waals surface area contributed by atoms with E-state index in [1.165, 1.54) is 26.2 Å². The van der Waals surface area contributed by atoms with Gasteiger partial charge in [0.1, 0.15) is 24.7 Å².